The van der Waals surface area contributed by atoms with Gasteiger partial charge in [-0.1, -0.05) is 17.7 Å². The van der Waals surface area contributed by atoms with E-state index in [2.05, 4.69) is 0 Å². The highest BCUT2D eigenvalue weighted by Gasteiger charge is 2.36. The van der Waals surface area contributed by atoms with E-state index in [1.54, 1.807) is 6.92 Å². The Morgan fingerprint density at radius 2 is 1.85 bits per heavy atom. The molecule has 0 spiro atoms. The number of carboxylic acid groups (broad SMARTS) is 1. The Morgan fingerprint density at radius 1 is 1.35 bits per heavy atom. The maximum absolute atomic E-state index is 12.0. The topological polar surface area (TPSA) is 140 Å². The standard InChI is InChI=1S/C11H13N3O5S/c1-7-2-4-8(5-3-7)20(18,19)14(13)9(11(16)17)6-10(12)15/h2-5,9H,6H2,1H3,(H2,12,15)(H,16,17)/t9-/m0/s1. The molecule has 1 aromatic carbocycles. The van der Waals surface area contributed by atoms with Gasteiger partial charge >= 0.3 is 16.0 Å². The third kappa shape index (κ3) is 3.38. The van der Waals surface area contributed by atoms with Crippen LogP contribution >= 0.6 is 0 Å². The van der Waals surface area contributed by atoms with Gasteiger partial charge in [-0.15, -0.1) is 0 Å². The van der Waals surface area contributed by atoms with Crippen LogP contribution in [-0.4, -0.2) is 35.5 Å². The summed E-state index contributed by atoms with van der Waals surface area (Å²) < 4.78 is 23.7. The summed E-state index contributed by atoms with van der Waals surface area (Å²) in [6.45, 7) is 1.74. The van der Waals surface area contributed by atoms with Crippen LogP contribution in [0.3, 0.4) is 0 Å². The van der Waals surface area contributed by atoms with Gasteiger partial charge in [0.1, 0.15) is 4.90 Å². The molecule has 0 aliphatic carbocycles. The molecule has 20 heavy (non-hydrogen) atoms. The molecule has 0 aliphatic rings. The van der Waals surface area contributed by atoms with Gasteiger partial charge in [-0.3, -0.25) is 4.79 Å². The maximum atomic E-state index is 12.0. The van der Waals surface area contributed by atoms with E-state index in [-0.39, 0.29) is 9.00 Å². The number of aryl methyl sites for hydroxylation is 1. The highest BCUT2D eigenvalue weighted by atomic mass is 32.2. The van der Waals surface area contributed by atoms with Crippen molar-refractivity contribution < 1.29 is 27.2 Å². The minimum absolute atomic E-state index is 0.290. The Morgan fingerprint density at radius 3 is 2.25 bits per heavy atom. The van der Waals surface area contributed by atoms with Crippen LogP contribution in [0.15, 0.2) is 29.2 Å². The molecule has 1 aromatic rings. The lowest BCUT2D eigenvalue weighted by Crippen LogP contribution is -2.39. The molecule has 9 heteroatoms. The van der Waals surface area contributed by atoms with Gasteiger partial charge in [-0.25, -0.2) is 4.79 Å². The van der Waals surface area contributed by atoms with Crippen LogP contribution in [0.5, 0.6) is 0 Å². The molecule has 0 saturated carbocycles. The van der Waals surface area contributed by atoms with Gasteiger partial charge in [-0.2, -0.15) is 12.5 Å². The number of aliphatic carboxylic acids is 1. The lowest BCUT2D eigenvalue weighted by molar-refractivity contribution is -0.424. The fraction of sp³-hybridized carbons (Fsp3) is 0.273. The van der Waals surface area contributed by atoms with E-state index in [4.69, 9.17) is 10.8 Å². The maximum Gasteiger partial charge on any atom is 0.385 e. The Bertz CT molecular complexity index is 651. The first kappa shape index (κ1) is 15.8. The van der Waals surface area contributed by atoms with Gasteiger partial charge in [-0.05, 0) is 19.1 Å². The molecule has 0 bridgehead atoms. The van der Waals surface area contributed by atoms with E-state index in [1.807, 2.05) is 0 Å². The molecule has 0 radical (unpaired) electrons. The molecule has 0 fully saturated rings. The molecule has 1 amide bonds. The summed E-state index contributed by atoms with van der Waals surface area (Å²) in [5.41, 5.74) is 15.3. The van der Waals surface area contributed by atoms with Crippen LogP contribution in [0.2, 0.25) is 0 Å². The highest BCUT2D eigenvalue weighted by Crippen LogP contribution is 2.16. The number of sulfonamides is 1. The number of carboxylic acids is 1. The van der Waals surface area contributed by atoms with Gasteiger partial charge in [0, 0.05) is 0 Å². The summed E-state index contributed by atoms with van der Waals surface area (Å²) in [4.78, 5) is 21.4. The molecule has 0 heterocycles. The number of carbonyl (C=O) groups excluding carboxylic acids is 1. The average Bonchev–Trinajstić information content (AvgIpc) is 2.35. The van der Waals surface area contributed by atoms with Gasteiger partial charge in [0.05, 0.1) is 6.42 Å². The van der Waals surface area contributed by atoms with E-state index in [0.717, 1.165) is 5.56 Å². The van der Waals surface area contributed by atoms with Crippen molar-refractivity contribution >= 4 is 21.9 Å². The predicted octanol–water partition coefficient (Wildman–Crippen LogP) is 0.0464. The van der Waals surface area contributed by atoms with Gasteiger partial charge < -0.3 is 16.4 Å². The first-order valence-electron chi connectivity index (χ1n) is 5.47. The van der Waals surface area contributed by atoms with E-state index >= 15 is 0 Å². The van der Waals surface area contributed by atoms with Crippen molar-refractivity contribution in [2.45, 2.75) is 24.3 Å². The van der Waals surface area contributed by atoms with Crippen molar-refractivity contribution in [3.63, 3.8) is 0 Å². The summed E-state index contributed by atoms with van der Waals surface area (Å²) in [7, 11) is -4.45. The molecule has 1 rings (SSSR count). The number of nitrogens with zero attached hydrogens (tertiary/aromatic N) is 2. The third-order valence-electron chi connectivity index (χ3n) is 2.51. The number of rotatable bonds is 6. The number of hydrogen-bond acceptors (Lipinski definition) is 4. The predicted molar refractivity (Wildman–Crippen MR) is 67.2 cm³/mol. The number of primary amides is 1. The zero-order valence-corrected chi connectivity index (χ0v) is 11.4. The van der Waals surface area contributed by atoms with Crippen LogP contribution in [0.4, 0.5) is 0 Å². The monoisotopic (exact) mass is 299 g/mol. The third-order valence-corrected chi connectivity index (χ3v) is 4.13. The van der Waals surface area contributed by atoms with Crippen molar-refractivity contribution in [1.29, 1.82) is 0 Å². The second kappa shape index (κ2) is 5.78. The zero-order valence-electron chi connectivity index (χ0n) is 10.6. The largest absolute Gasteiger partial charge is 0.486 e. The lowest BCUT2D eigenvalue weighted by Gasteiger charge is -2.13. The van der Waals surface area contributed by atoms with Crippen LogP contribution in [0.25, 0.3) is 5.53 Å². The van der Waals surface area contributed by atoms with E-state index in [9.17, 15) is 23.5 Å². The number of benzene rings is 1. The highest BCUT2D eigenvalue weighted by molar-refractivity contribution is 7.85. The Kier molecular flexibility index (Phi) is 4.56. The quantitative estimate of drug-likeness (QED) is 0.564. The summed E-state index contributed by atoms with van der Waals surface area (Å²) in [6, 6.07) is 3.45. The molecular formula is C11H13N3O5S. The molecule has 8 nitrogen and oxygen atoms in total. The fourth-order valence-corrected chi connectivity index (χ4v) is 2.63. The van der Waals surface area contributed by atoms with Crippen LogP contribution < -0.4 is 5.73 Å². The number of amides is 1. The normalized spacial score (nSPS) is 12.7. The van der Waals surface area contributed by atoms with Crippen LogP contribution in [0, 0.1) is 6.92 Å². The smallest absolute Gasteiger partial charge is 0.385 e. The molecule has 108 valence electrons. The zero-order chi connectivity index (χ0) is 15.5. The van der Waals surface area contributed by atoms with E-state index in [1.165, 1.54) is 24.3 Å². The molecule has 1 atom stereocenters. The summed E-state index contributed by atoms with van der Waals surface area (Å²) in [5.74, 6) is -2.72. The summed E-state index contributed by atoms with van der Waals surface area (Å²) in [6.07, 6.45) is -0.836. The van der Waals surface area contributed by atoms with Gasteiger partial charge in [0.2, 0.25) is 5.91 Å². The second-order valence-corrected chi connectivity index (χ2v) is 5.91. The molecular weight excluding hydrogens is 286 g/mol. The van der Waals surface area contributed by atoms with E-state index in [0.29, 0.717) is 0 Å². The van der Waals surface area contributed by atoms with Crippen LogP contribution in [0.1, 0.15) is 12.0 Å². The summed E-state index contributed by atoms with van der Waals surface area (Å²) >= 11 is 0. The molecule has 0 unspecified atom stereocenters. The van der Waals surface area contributed by atoms with Crippen molar-refractivity contribution in [2.24, 2.45) is 5.73 Å². The SMILES string of the molecule is Cc1ccc(S(=O)(=O)[N+](=[N-])[C@@H](CC(N)=O)C(=O)O)cc1. The number of carbonyl (C=O) groups is 2. The molecule has 3 N–H and O–H groups in total. The van der Waals surface area contributed by atoms with Crippen molar-refractivity contribution in [3.05, 3.63) is 35.4 Å². The second-order valence-electron chi connectivity index (χ2n) is 4.12. The lowest BCUT2D eigenvalue weighted by atomic mass is 10.2. The first-order valence-corrected chi connectivity index (χ1v) is 6.91. The Labute approximate surface area is 115 Å². The molecule has 0 aliphatic heterocycles. The summed E-state index contributed by atoms with van der Waals surface area (Å²) in [5, 5.41) is 8.87. The Balaban J connectivity index is 3.19. The molecule has 0 aromatic heterocycles. The minimum atomic E-state index is -4.45. The minimum Gasteiger partial charge on any atom is -0.486 e. The van der Waals surface area contributed by atoms with Crippen molar-refractivity contribution in [1.82, 2.24) is 0 Å². The molecule has 0 saturated heterocycles. The van der Waals surface area contributed by atoms with Gasteiger partial charge in [0.25, 0.3) is 6.04 Å². The fourth-order valence-electron chi connectivity index (χ4n) is 1.44. The van der Waals surface area contributed by atoms with Crippen molar-refractivity contribution in [3.8, 4) is 0 Å². The Hall–Kier alpha value is -2.29. The first-order chi connectivity index (χ1) is 9.16. The van der Waals surface area contributed by atoms with Crippen molar-refractivity contribution in [2.75, 3.05) is 0 Å². The van der Waals surface area contributed by atoms with Crippen LogP contribution in [-0.2, 0) is 19.6 Å². The van der Waals surface area contributed by atoms with E-state index < -0.39 is 34.4 Å². The number of nitrogens with two attached hydrogens (primary N) is 1. The average molecular weight is 299 g/mol. The van der Waals surface area contributed by atoms with Gasteiger partial charge in [0.15, 0.2) is 0 Å². The number of hydrogen-bond donors (Lipinski definition) is 2.